The smallest absolute Gasteiger partial charge is 0.193 e. The summed E-state index contributed by atoms with van der Waals surface area (Å²) in [7, 11) is 0. The van der Waals surface area contributed by atoms with Crippen molar-refractivity contribution >= 4 is 39.8 Å². The Morgan fingerprint density at radius 2 is 2.02 bits per heavy atom. The first-order valence-electron chi connectivity index (χ1n) is 15.4. The summed E-state index contributed by atoms with van der Waals surface area (Å²) in [6.45, 7) is 3.84. The van der Waals surface area contributed by atoms with Crippen molar-refractivity contribution in [2.24, 2.45) is 28.6 Å². The third-order valence-corrected chi connectivity index (χ3v) is 12.4. The van der Waals surface area contributed by atoms with E-state index in [2.05, 4.69) is 29.5 Å². The predicted octanol–water partition coefficient (Wildman–Crippen LogP) is 5.06. The topological polar surface area (TPSA) is 128 Å². The van der Waals surface area contributed by atoms with Gasteiger partial charge in [-0.25, -0.2) is 0 Å². The van der Waals surface area contributed by atoms with Gasteiger partial charge in [-0.2, -0.15) is 0 Å². The van der Waals surface area contributed by atoms with Crippen LogP contribution in [0.1, 0.15) is 56.9 Å². The standard InChI is InChI=1S/C35H38INO7/c1-33-11-10-22(39)13-20(33)6-8-24-26-15-30-35(29(41)17-38,34(26,2)16-28(40)31(24)33)44-32(43-30)25-14-23(7-9-27(25)36)42-18-19-4-3-5-21(37)12-19/h3-5,7,9-14,24,26,28,30-32,38,40H,6,8,15-18,37H2,1-2H3/t24-,26-,28-,30+,31+,32-,33-,34-,35+/m0/s1. The minimum absolute atomic E-state index is 0.00402. The maximum absolute atomic E-state index is 13.9. The molecule has 4 fully saturated rings. The highest BCUT2D eigenvalue weighted by molar-refractivity contribution is 14.1. The summed E-state index contributed by atoms with van der Waals surface area (Å²) < 4.78 is 20.4. The van der Waals surface area contributed by atoms with E-state index >= 15 is 0 Å². The number of Topliss-reactive ketones (excluding diaryl/α,β-unsaturated/α-hetero) is 1. The van der Waals surface area contributed by atoms with Crippen molar-refractivity contribution in [2.75, 3.05) is 12.3 Å². The molecule has 2 aromatic carbocycles. The van der Waals surface area contributed by atoms with E-state index in [1.807, 2.05) is 55.5 Å². The van der Waals surface area contributed by atoms with Crippen molar-refractivity contribution in [1.29, 1.82) is 0 Å². The molecule has 7 rings (SSSR count). The van der Waals surface area contributed by atoms with Crippen LogP contribution in [0.15, 0.2) is 66.3 Å². The third-order valence-electron chi connectivity index (χ3n) is 11.4. The van der Waals surface area contributed by atoms with E-state index in [1.165, 1.54) is 0 Å². The van der Waals surface area contributed by atoms with Gasteiger partial charge in [-0.1, -0.05) is 37.6 Å². The lowest BCUT2D eigenvalue weighted by Gasteiger charge is -2.59. The summed E-state index contributed by atoms with van der Waals surface area (Å²) >= 11 is 2.23. The van der Waals surface area contributed by atoms with Crippen molar-refractivity contribution in [3.8, 4) is 5.75 Å². The number of allylic oxidation sites excluding steroid dienone is 4. The molecule has 9 heteroatoms. The molecule has 9 atom stereocenters. The van der Waals surface area contributed by atoms with Gasteiger partial charge in [0.2, 0.25) is 0 Å². The van der Waals surface area contributed by atoms with Gasteiger partial charge < -0.3 is 30.2 Å². The molecule has 4 aliphatic carbocycles. The number of ether oxygens (including phenoxy) is 3. The van der Waals surface area contributed by atoms with Gasteiger partial charge in [0.1, 0.15) is 19.0 Å². The van der Waals surface area contributed by atoms with Crippen LogP contribution in [-0.2, 0) is 25.7 Å². The minimum Gasteiger partial charge on any atom is -0.489 e. The largest absolute Gasteiger partial charge is 0.489 e. The minimum atomic E-state index is -1.40. The number of hydrogen-bond acceptors (Lipinski definition) is 8. The third kappa shape index (κ3) is 4.37. The average molecular weight is 712 g/mol. The highest BCUT2D eigenvalue weighted by Crippen LogP contribution is 2.70. The SMILES string of the molecule is C[C@]12C=CC(=O)C=C1CC[C@@H]1[C@@H]2[C@@H](O)C[C@@]2(C)[C@H]1C[C@H]1O[C@H](c3cc(OCc4cccc(N)c4)ccc3I)O[C@]12C(=O)CO. The van der Waals surface area contributed by atoms with Gasteiger partial charge in [0.05, 0.1) is 12.2 Å². The van der Waals surface area contributed by atoms with Crippen molar-refractivity contribution < 1.29 is 34.0 Å². The molecule has 1 saturated heterocycles. The van der Waals surface area contributed by atoms with Crippen LogP contribution in [0.5, 0.6) is 5.75 Å². The van der Waals surface area contributed by atoms with Gasteiger partial charge in [-0.3, -0.25) is 9.59 Å². The van der Waals surface area contributed by atoms with E-state index in [0.717, 1.165) is 33.1 Å². The number of nitrogen functional groups attached to an aromatic ring is 1. The van der Waals surface area contributed by atoms with E-state index < -0.39 is 47.3 Å². The average Bonchev–Trinajstić information content (AvgIpc) is 3.49. The van der Waals surface area contributed by atoms with Crippen LogP contribution in [0.3, 0.4) is 0 Å². The monoisotopic (exact) mass is 711 g/mol. The number of fused-ring (bicyclic) bond motifs is 7. The summed E-state index contributed by atoms with van der Waals surface area (Å²) in [4.78, 5) is 26.0. The number of benzene rings is 2. The summed E-state index contributed by atoms with van der Waals surface area (Å²) in [5, 5.41) is 22.2. The van der Waals surface area contributed by atoms with Crippen molar-refractivity contribution in [2.45, 2.75) is 70.2 Å². The van der Waals surface area contributed by atoms with E-state index in [1.54, 1.807) is 12.2 Å². The second kappa shape index (κ2) is 10.8. The molecular formula is C35H38INO7. The second-order valence-corrected chi connectivity index (χ2v) is 14.7. The maximum atomic E-state index is 13.9. The number of carbonyl (C=O) groups excluding carboxylic acids is 2. The number of hydrogen-bond donors (Lipinski definition) is 3. The number of aliphatic hydroxyl groups excluding tert-OH is 2. The van der Waals surface area contributed by atoms with Gasteiger partial charge in [0.25, 0.3) is 0 Å². The molecule has 0 amide bonds. The molecule has 0 radical (unpaired) electrons. The molecule has 2 aromatic rings. The lowest BCUT2D eigenvalue weighted by Crippen LogP contribution is -2.63. The van der Waals surface area contributed by atoms with Crippen LogP contribution in [-0.4, -0.2) is 46.2 Å². The number of rotatable bonds is 6. The Morgan fingerprint density at radius 3 is 2.80 bits per heavy atom. The maximum Gasteiger partial charge on any atom is 0.193 e. The lowest BCUT2D eigenvalue weighted by molar-refractivity contribution is -0.201. The Hall–Kier alpha value is -2.57. The Morgan fingerprint density at radius 1 is 1.20 bits per heavy atom. The number of nitrogens with two attached hydrogens (primary N) is 1. The van der Waals surface area contributed by atoms with Crippen molar-refractivity contribution in [3.63, 3.8) is 0 Å². The molecule has 3 saturated carbocycles. The quantitative estimate of drug-likeness (QED) is 0.281. The number of halogens is 1. The van der Waals surface area contributed by atoms with E-state index in [4.69, 9.17) is 19.9 Å². The second-order valence-electron chi connectivity index (χ2n) is 13.6. The number of carbonyl (C=O) groups is 2. The highest BCUT2D eigenvalue weighted by atomic mass is 127. The predicted molar refractivity (Wildman–Crippen MR) is 171 cm³/mol. The number of ketones is 2. The van der Waals surface area contributed by atoms with E-state index in [-0.39, 0.29) is 23.5 Å². The molecule has 232 valence electrons. The Kier molecular flexibility index (Phi) is 7.36. The van der Waals surface area contributed by atoms with Crippen LogP contribution in [0.2, 0.25) is 0 Å². The van der Waals surface area contributed by atoms with E-state index in [0.29, 0.717) is 30.9 Å². The Balaban J connectivity index is 1.19. The summed E-state index contributed by atoms with van der Waals surface area (Å²) in [6.07, 6.45) is 5.71. The molecule has 0 unspecified atom stereocenters. The zero-order valence-corrected chi connectivity index (χ0v) is 27.0. The lowest BCUT2D eigenvalue weighted by atomic mass is 9.46. The molecule has 1 aliphatic heterocycles. The first-order valence-corrected chi connectivity index (χ1v) is 16.4. The zero-order chi connectivity index (χ0) is 31.0. The van der Waals surface area contributed by atoms with Crippen LogP contribution in [0.4, 0.5) is 5.69 Å². The van der Waals surface area contributed by atoms with Crippen molar-refractivity contribution in [1.82, 2.24) is 0 Å². The van der Waals surface area contributed by atoms with Gasteiger partial charge in [-0.15, -0.1) is 0 Å². The normalized spacial score (nSPS) is 38.8. The van der Waals surface area contributed by atoms with Crippen LogP contribution in [0, 0.1) is 32.2 Å². The number of aliphatic hydroxyl groups is 2. The first-order chi connectivity index (χ1) is 21.0. The van der Waals surface area contributed by atoms with Crippen molar-refractivity contribution in [3.05, 3.63) is 81.0 Å². The zero-order valence-electron chi connectivity index (χ0n) is 24.9. The van der Waals surface area contributed by atoms with Crippen LogP contribution < -0.4 is 10.5 Å². The molecule has 44 heavy (non-hydrogen) atoms. The van der Waals surface area contributed by atoms with Gasteiger partial charge >= 0.3 is 0 Å². The fraction of sp³-hybridized carbons (Fsp3) is 0.486. The van der Waals surface area contributed by atoms with Gasteiger partial charge in [0.15, 0.2) is 23.5 Å². The van der Waals surface area contributed by atoms with Crippen LogP contribution >= 0.6 is 22.6 Å². The Labute approximate surface area is 270 Å². The molecule has 4 N–H and O–H groups in total. The molecule has 0 bridgehead atoms. The highest BCUT2D eigenvalue weighted by Gasteiger charge is 2.76. The van der Waals surface area contributed by atoms with E-state index in [9.17, 15) is 19.8 Å². The molecular weight excluding hydrogens is 673 g/mol. The molecule has 8 nitrogen and oxygen atoms in total. The number of anilines is 1. The Bertz CT molecular complexity index is 1590. The summed E-state index contributed by atoms with van der Waals surface area (Å²) in [6, 6.07) is 13.2. The van der Waals surface area contributed by atoms with Crippen LogP contribution in [0.25, 0.3) is 0 Å². The first kappa shape index (κ1) is 30.1. The molecule has 0 aromatic heterocycles. The summed E-state index contributed by atoms with van der Waals surface area (Å²) in [5.41, 5.74) is 6.78. The summed E-state index contributed by atoms with van der Waals surface area (Å²) in [5.74, 6) is 0.274. The molecule has 1 heterocycles. The van der Waals surface area contributed by atoms with Gasteiger partial charge in [-0.05, 0) is 108 Å². The molecule has 0 spiro atoms. The fourth-order valence-corrected chi connectivity index (χ4v) is 10.1. The fourth-order valence-electron chi connectivity index (χ4n) is 9.47. The molecule has 5 aliphatic rings. The van der Waals surface area contributed by atoms with Gasteiger partial charge in [0, 0.05) is 31.6 Å².